The molecule has 0 aromatic heterocycles. The van der Waals surface area contributed by atoms with E-state index in [1.54, 1.807) is 24.3 Å². The molecule has 0 heterocycles. The van der Waals surface area contributed by atoms with E-state index in [4.69, 9.17) is 10.4 Å². The number of rotatable bonds is 7. The minimum Gasteiger partial charge on any atom is -0.395 e. The molecule has 0 radical (unpaired) electrons. The van der Waals surface area contributed by atoms with Gasteiger partial charge in [0.15, 0.2) is 0 Å². The van der Waals surface area contributed by atoms with Gasteiger partial charge in [0.2, 0.25) is 10.0 Å². The Balaban J connectivity index is 2.12. The molecule has 0 aliphatic heterocycles. The van der Waals surface area contributed by atoms with Crippen molar-refractivity contribution in [2.75, 3.05) is 19.7 Å². The summed E-state index contributed by atoms with van der Waals surface area (Å²) in [5.74, 6) is 0.302. The van der Waals surface area contributed by atoms with Crippen molar-refractivity contribution in [3.05, 3.63) is 35.4 Å². The fourth-order valence-corrected chi connectivity index (χ4v) is 3.66. The molecule has 1 saturated carbocycles. The summed E-state index contributed by atoms with van der Waals surface area (Å²) in [6.45, 7) is 0.446. The van der Waals surface area contributed by atoms with E-state index in [0.29, 0.717) is 23.6 Å². The summed E-state index contributed by atoms with van der Waals surface area (Å²) < 4.78 is 26.1. The van der Waals surface area contributed by atoms with E-state index in [1.165, 1.54) is 4.31 Å². The molecule has 5 nitrogen and oxygen atoms in total. The zero-order chi connectivity index (χ0) is 14.6. The van der Waals surface area contributed by atoms with Gasteiger partial charge in [-0.3, -0.25) is 0 Å². The van der Waals surface area contributed by atoms with Crippen LogP contribution in [0, 0.1) is 17.2 Å². The molecule has 108 valence electrons. The van der Waals surface area contributed by atoms with E-state index in [1.807, 2.05) is 6.07 Å². The van der Waals surface area contributed by atoms with Gasteiger partial charge in [-0.25, -0.2) is 8.42 Å². The van der Waals surface area contributed by atoms with Gasteiger partial charge in [-0.15, -0.1) is 0 Å². The molecular formula is C14H18N2O3S. The Bertz CT molecular complexity index is 603. The van der Waals surface area contributed by atoms with Crippen LogP contribution in [0.2, 0.25) is 0 Å². The topological polar surface area (TPSA) is 81.4 Å². The van der Waals surface area contributed by atoms with Crippen LogP contribution >= 0.6 is 0 Å². The molecule has 0 atom stereocenters. The van der Waals surface area contributed by atoms with Crippen LogP contribution in [-0.4, -0.2) is 37.5 Å². The van der Waals surface area contributed by atoms with Crippen molar-refractivity contribution in [1.82, 2.24) is 4.31 Å². The van der Waals surface area contributed by atoms with Crippen LogP contribution in [0.3, 0.4) is 0 Å². The van der Waals surface area contributed by atoms with Crippen molar-refractivity contribution in [2.45, 2.75) is 18.6 Å². The van der Waals surface area contributed by atoms with E-state index in [0.717, 1.165) is 12.8 Å². The first-order valence-electron chi connectivity index (χ1n) is 6.63. The lowest BCUT2D eigenvalue weighted by atomic mass is 10.2. The molecule has 20 heavy (non-hydrogen) atoms. The smallest absolute Gasteiger partial charge is 0.218 e. The minimum atomic E-state index is -3.45. The lowest BCUT2D eigenvalue weighted by Gasteiger charge is -2.21. The van der Waals surface area contributed by atoms with Gasteiger partial charge < -0.3 is 5.11 Å². The molecule has 1 aliphatic carbocycles. The maximum atomic E-state index is 12.4. The van der Waals surface area contributed by atoms with E-state index < -0.39 is 10.0 Å². The second-order valence-electron chi connectivity index (χ2n) is 5.09. The van der Waals surface area contributed by atoms with E-state index in [9.17, 15) is 8.42 Å². The number of nitriles is 1. The first-order chi connectivity index (χ1) is 9.55. The second kappa shape index (κ2) is 6.35. The molecule has 6 heteroatoms. The van der Waals surface area contributed by atoms with Crippen LogP contribution < -0.4 is 0 Å². The molecule has 0 unspecified atom stereocenters. The highest BCUT2D eigenvalue weighted by molar-refractivity contribution is 7.88. The molecule has 1 aromatic carbocycles. The summed E-state index contributed by atoms with van der Waals surface area (Å²) in [6, 6.07) is 8.62. The van der Waals surface area contributed by atoms with Gasteiger partial charge in [-0.1, -0.05) is 12.1 Å². The normalized spacial score (nSPS) is 15.2. The van der Waals surface area contributed by atoms with Crippen LogP contribution in [-0.2, 0) is 15.8 Å². The first-order valence-corrected chi connectivity index (χ1v) is 8.24. The van der Waals surface area contributed by atoms with E-state index in [2.05, 4.69) is 0 Å². The van der Waals surface area contributed by atoms with Gasteiger partial charge in [0.1, 0.15) is 0 Å². The summed E-state index contributed by atoms with van der Waals surface area (Å²) in [7, 11) is -3.45. The van der Waals surface area contributed by atoms with Crippen molar-refractivity contribution in [3.63, 3.8) is 0 Å². The van der Waals surface area contributed by atoms with Crippen LogP contribution in [0.4, 0.5) is 0 Å². The number of aliphatic hydroxyl groups excluding tert-OH is 1. The minimum absolute atomic E-state index is 0.130. The molecule has 1 aromatic rings. The molecular weight excluding hydrogens is 276 g/mol. The second-order valence-corrected chi connectivity index (χ2v) is 7.06. The molecule has 0 amide bonds. The van der Waals surface area contributed by atoms with Crippen LogP contribution in [0.5, 0.6) is 0 Å². The van der Waals surface area contributed by atoms with Gasteiger partial charge in [0, 0.05) is 13.1 Å². The Morgan fingerprint density at radius 1 is 1.40 bits per heavy atom. The average Bonchev–Trinajstić information content (AvgIpc) is 3.22. The van der Waals surface area contributed by atoms with E-state index in [-0.39, 0.29) is 18.9 Å². The van der Waals surface area contributed by atoms with Crippen molar-refractivity contribution >= 4 is 10.0 Å². The number of aliphatic hydroxyl groups is 1. The fourth-order valence-electron chi connectivity index (χ4n) is 2.08. The number of sulfonamides is 1. The third-order valence-corrected chi connectivity index (χ3v) is 5.12. The highest BCUT2D eigenvalue weighted by Crippen LogP contribution is 2.30. The first kappa shape index (κ1) is 15.0. The predicted octanol–water partition coefficient (Wildman–Crippen LogP) is 1.09. The van der Waals surface area contributed by atoms with Crippen molar-refractivity contribution < 1.29 is 13.5 Å². The summed E-state index contributed by atoms with van der Waals surface area (Å²) >= 11 is 0. The van der Waals surface area contributed by atoms with Crippen LogP contribution in [0.25, 0.3) is 0 Å². The van der Waals surface area contributed by atoms with Crippen molar-refractivity contribution in [2.24, 2.45) is 5.92 Å². The lowest BCUT2D eigenvalue weighted by Crippen LogP contribution is -2.36. The Morgan fingerprint density at radius 3 is 2.75 bits per heavy atom. The highest BCUT2D eigenvalue weighted by atomic mass is 32.2. The lowest BCUT2D eigenvalue weighted by molar-refractivity contribution is 0.250. The SMILES string of the molecule is N#Cc1cccc(CS(=O)(=O)N(CCO)CC2CC2)c1. The number of hydrogen-bond acceptors (Lipinski definition) is 4. The van der Waals surface area contributed by atoms with Crippen LogP contribution in [0.15, 0.2) is 24.3 Å². The number of benzene rings is 1. The summed E-state index contributed by atoms with van der Waals surface area (Å²) in [6.07, 6.45) is 2.11. The van der Waals surface area contributed by atoms with Gasteiger partial charge >= 0.3 is 0 Å². The van der Waals surface area contributed by atoms with Crippen molar-refractivity contribution in [1.29, 1.82) is 5.26 Å². The zero-order valence-electron chi connectivity index (χ0n) is 11.2. The van der Waals surface area contributed by atoms with E-state index >= 15 is 0 Å². The van der Waals surface area contributed by atoms with Gasteiger partial charge in [-0.2, -0.15) is 9.57 Å². The summed E-state index contributed by atoms with van der Waals surface area (Å²) in [5, 5.41) is 17.9. The van der Waals surface area contributed by atoms with Gasteiger partial charge in [0.25, 0.3) is 0 Å². The van der Waals surface area contributed by atoms with Gasteiger partial charge in [0.05, 0.1) is 24.0 Å². The molecule has 1 N–H and O–H groups in total. The quantitative estimate of drug-likeness (QED) is 0.816. The Morgan fingerprint density at radius 2 is 2.15 bits per heavy atom. The van der Waals surface area contributed by atoms with Crippen LogP contribution in [0.1, 0.15) is 24.0 Å². The summed E-state index contributed by atoms with van der Waals surface area (Å²) in [4.78, 5) is 0. The molecule has 2 rings (SSSR count). The monoisotopic (exact) mass is 294 g/mol. The summed E-state index contributed by atoms with van der Waals surface area (Å²) in [5.41, 5.74) is 1.05. The Kier molecular flexibility index (Phi) is 4.76. The highest BCUT2D eigenvalue weighted by Gasteiger charge is 2.30. The molecule has 0 saturated heterocycles. The Labute approximate surface area is 119 Å². The molecule has 0 bridgehead atoms. The fraction of sp³-hybridized carbons (Fsp3) is 0.500. The maximum Gasteiger partial charge on any atom is 0.218 e. The van der Waals surface area contributed by atoms with Crippen molar-refractivity contribution in [3.8, 4) is 6.07 Å². The standard InChI is InChI=1S/C14H18N2O3S/c15-9-13-2-1-3-14(8-13)11-20(18,19)16(6-7-17)10-12-4-5-12/h1-3,8,12,17H,4-7,10-11H2. The third kappa shape index (κ3) is 4.04. The molecule has 1 fully saturated rings. The Hall–Kier alpha value is -1.42. The molecule has 1 aliphatic rings. The largest absolute Gasteiger partial charge is 0.395 e. The number of hydrogen-bond donors (Lipinski definition) is 1. The zero-order valence-corrected chi connectivity index (χ0v) is 12.0. The third-order valence-electron chi connectivity index (χ3n) is 3.31. The predicted molar refractivity (Wildman–Crippen MR) is 75.2 cm³/mol. The van der Waals surface area contributed by atoms with Gasteiger partial charge in [-0.05, 0) is 36.5 Å². The average molecular weight is 294 g/mol. The maximum absolute atomic E-state index is 12.4. The molecule has 0 spiro atoms. The number of nitrogens with zero attached hydrogens (tertiary/aromatic N) is 2.